The largest absolute Gasteiger partial charge is 0.375 e. The minimum absolute atomic E-state index is 0.279. The molecule has 1 spiro atoms. The van der Waals surface area contributed by atoms with Crippen LogP contribution in [0.5, 0.6) is 0 Å². The van der Waals surface area contributed by atoms with Gasteiger partial charge in [-0.3, -0.25) is 4.90 Å². The number of nitrogens with one attached hydrogen (secondary N) is 1. The molecule has 2 aliphatic carbocycles. The SMILES string of the molecule is C1CNCC(CN(C2CC2)C2CCOC3(CCCC3)C2)C1. The number of rotatable bonds is 4. The third-order valence-corrected chi connectivity index (χ3v) is 6.33. The minimum Gasteiger partial charge on any atom is -0.375 e. The Bertz CT molecular complexity index is 343. The normalized spacial score (nSPS) is 36.4. The van der Waals surface area contributed by atoms with Crippen LogP contribution in [0.4, 0.5) is 0 Å². The zero-order chi connectivity index (χ0) is 14.1. The predicted molar refractivity (Wildman–Crippen MR) is 85.5 cm³/mol. The summed E-state index contributed by atoms with van der Waals surface area (Å²) < 4.78 is 6.26. The smallest absolute Gasteiger partial charge is 0.0697 e. The van der Waals surface area contributed by atoms with Gasteiger partial charge in [0, 0.05) is 25.2 Å². The highest BCUT2D eigenvalue weighted by Crippen LogP contribution is 2.43. The number of hydrogen-bond acceptors (Lipinski definition) is 3. The molecular weight excluding hydrogens is 260 g/mol. The first-order chi connectivity index (χ1) is 10.3. The lowest BCUT2D eigenvalue weighted by Crippen LogP contribution is -2.50. The summed E-state index contributed by atoms with van der Waals surface area (Å²) in [5, 5.41) is 3.60. The van der Waals surface area contributed by atoms with E-state index in [4.69, 9.17) is 4.74 Å². The van der Waals surface area contributed by atoms with Gasteiger partial charge in [-0.25, -0.2) is 0 Å². The van der Waals surface area contributed by atoms with E-state index in [1.807, 2.05) is 0 Å². The summed E-state index contributed by atoms with van der Waals surface area (Å²) in [6, 6.07) is 1.72. The van der Waals surface area contributed by atoms with E-state index >= 15 is 0 Å². The Labute approximate surface area is 129 Å². The molecule has 0 aromatic carbocycles. The fraction of sp³-hybridized carbons (Fsp3) is 1.00. The topological polar surface area (TPSA) is 24.5 Å². The van der Waals surface area contributed by atoms with E-state index in [2.05, 4.69) is 10.2 Å². The van der Waals surface area contributed by atoms with Crippen molar-refractivity contribution in [2.45, 2.75) is 81.9 Å². The molecule has 120 valence electrons. The summed E-state index contributed by atoms with van der Waals surface area (Å²) in [6.07, 6.45) is 13.7. The molecule has 0 radical (unpaired) electrons. The van der Waals surface area contributed by atoms with Gasteiger partial charge in [0.05, 0.1) is 5.60 Å². The number of nitrogens with zero attached hydrogens (tertiary/aromatic N) is 1. The van der Waals surface area contributed by atoms with Crippen LogP contribution in [-0.2, 0) is 4.74 Å². The maximum Gasteiger partial charge on any atom is 0.0697 e. The lowest BCUT2D eigenvalue weighted by molar-refractivity contribution is -0.104. The lowest BCUT2D eigenvalue weighted by Gasteiger charge is -2.44. The highest BCUT2D eigenvalue weighted by Gasteiger charge is 2.44. The van der Waals surface area contributed by atoms with Crippen LogP contribution in [0.15, 0.2) is 0 Å². The van der Waals surface area contributed by atoms with E-state index in [-0.39, 0.29) is 5.60 Å². The first kappa shape index (κ1) is 14.5. The molecule has 2 saturated carbocycles. The minimum atomic E-state index is 0.279. The van der Waals surface area contributed by atoms with Gasteiger partial charge in [-0.05, 0) is 70.4 Å². The lowest BCUT2D eigenvalue weighted by atomic mass is 9.87. The van der Waals surface area contributed by atoms with Crippen LogP contribution >= 0.6 is 0 Å². The number of piperidine rings is 1. The van der Waals surface area contributed by atoms with Gasteiger partial charge in [0.2, 0.25) is 0 Å². The van der Waals surface area contributed by atoms with Crippen LogP contribution in [0.1, 0.15) is 64.2 Å². The number of ether oxygens (including phenoxy) is 1. The summed E-state index contributed by atoms with van der Waals surface area (Å²) in [6.45, 7) is 4.84. The number of hydrogen-bond donors (Lipinski definition) is 1. The van der Waals surface area contributed by atoms with Gasteiger partial charge < -0.3 is 10.1 Å². The van der Waals surface area contributed by atoms with E-state index < -0.39 is 0 Å². The molecular formula is C18H32N2O. The molecule has 0 amide bonds. The fourth-order valence-electron chi connectivity index (χ4n) is 5.03. The molecule has 0 aromatic rings. The van der Waals surface area contributed by atoms with Crippen LogP contribution in [0.2, 0.25) is 0 Å². The quantitative estimate of drug-likeness (QED) is 0.862. The Morgan fingerprint density at radius 2 is 1.86 bits per heavy atom. The molecule has 2 aliphatic heterocycles. The van der Waals surface area contributed by atoms with Crippen LogP contribution in [0.3, 0.4) is 0 Å². The monoisotopic (exact) mass is 292 g/mol. The molecule has 21 heavy (non-hydrogen) atoms. The summed E-state index contributed by atoms with van der Waals surface area (Å²) in [4.78, 5) is 2.92. The molecule has 0 aromatic heterocycles. The van der Waals surface area contributed by atoms with Crippen molar-refractivity contribution in [3.63, 3.8) is 0 Å². The van der Waals surface area contributed by atoms with Crippen molar-refractivity contribution in [2.24, 2.45) is 5.92 Å². The summed E-state index contributed by atoms with van der Waals surface area (Å²) in [5.41, 5.74) is 0.279. The van der Waals surface area contributed by atoms with Gasteiger partial charge in [-0.1, -0.05) is 12.8 Å². The van der Waals surface area contributed by atoms with Crippen molar-refractivity contribution in [2.75, 3.05) is 26.2 Å². The Balaban J connectivity index is 1.40. The first-order valence-electron chi connectivity index (χ1n) is 9.45. The summed E-state index contributed by atoms with van der Waals surface area (Å²) in [5.74, 6) is 0.890. The second-order valence-corrected chi connectivity index (χ2v) is 8.03. The molecule has 2 saturated heterocycles. The predicted octanol–water partition coefficient (Wildman–Crippen LogP) is 2.94. The first-order valence-corrected chi connectivity index (χ1v) is 9.45. The maximum absolute atomic E-state index is 6.26. The van der Waals surface area contributed by atoms with E-state index in [0.29, 0.717) is 0 Å². The molecule has 3 heteroatoms. The molecule has 4 rings (SSSR count). The van der Waals surface area contributed by atoms with Gasteiger partial charge in [-0.2, -0.15) is 0 Å². The Kier molecular flexibility index (Phi) is 4.25. The third kappa shape index (κ3) is 3.30. The van der Waals surface area contributed by atoms with E-state index in [1.54, 1.807) is 0 Å². The van der Waals surface area contributed by atoms with Gasteiger partial charge in [0.25, 0.3) is 0 Å². The van der Waals surface area contributed by atoms with E-state index in [9.17, 15) is 0 Å². The van der Waals surface area contributed by atoms with Crippen molar-refractivity contribution >= 4 is 0 Å². The second-order valence-electron chi connectivity index (χ2n) is 8.03. The van der Waals surface area contributed by atoms with Crippen molar-refractivity contribution in [3.05, 3.63) is 0 Å². The fourth-order valence-corrected chi connectivity index (χ4v) is 5.03. The third-order valence-electron chi connectivity index (χ3n) is 6.33. The zero-order valence-electron chi connectivity index (χ0n) is 13.5. The van der Waals surface area contributed by atoms with E-state index in [0.717, 1.165) is 24.6 Å². The van der Waals surface area contributed by atoms with Crippen molar-refractivity contribution < 1.29 is 4.74 Å². The average molecular weight is 292 g/mol. The van der Waals surface area contributed by atoms with Crippen LogP contribution in [0.25, 0.3) is 0 Å². The Morgan fingerprint density at radius 3 is 2.57 bits per heavy atom. The summed E-state index contributed by atoms with van der Waals surface area (Å²) >= 11 is 0. The highest BCUT2D eigenvalue weighted by molar-refractivity contribution is 4.98. The maximum atomic E-state index is 6.26. The molecule has 3 nitrogen and oxygen atoms in total. The molecule has 4 fully saturated rings. The molecule has 2 atom stereocenters. The molecule has 4 aliphatic rings. The van der Waals surface area contributed by atoms with Crippen LogP contribution < -0.4 is 5.32 Å². The zero-order valence-corrected chi connectivity index (χ0v) is 13.5. The van der Waals surface area contributed by atoms with Crippen LogP contribution in [-0.4, -0.2) is 48.8 Å². The molecule has 1 N–H and O–H groups in total. The van der Waals surface area contributed by atoms with Gasteiger partial charge in [-0.15, -0.1) is 0 Å². The van der Waals surface area contributed by atoms with Gasteiger partial charge in [0.15, 0.2) is 0 Å². The van der Waals surface area contributed by atoms with Gasteiger partial charge in [0.1, 0.15) is 0 Å². The Hall–Kier alpha value is -0.120. The van der Waals surface area contributed by atoms with Crippen molar-refractivity contribution in [3.8, 4) is 0 Å². The van der Waals surface area contributed by atoms with Crippen molar-refractivity contribution in [1.82, 2.24) is 10.2 Å². The van der Waals surface area contributed by atoms with Crippen molar-refractivity contribution in [1.29, 1.82) is 0 Å². The van der Waals surface area contributed by atoms with Crippen LogP contribution in [0, 0.1) is 5.92 Å². The summed E-state index contributed by atoms with van der Waals surface area (Å²) in [7, 11) is 0. The highest BCUT2D eigenvalue weighted by atomic mass is 16.5. The Morgan fingerprint density at radius 1 is 1.00 bits per heavy atom. The standard InChI is InChI=1S/C18H32N2O/c1-2-9-18(8-1)12-17(7-11-21-18)20(16-5-6-16)14-15-4-3-10-19-13-15/h15-17,19H,1-14H2. The molecule has 2 unspecified atom stereocenters. The molecule has 2 heterocycles. The molecule has 0 bridgehead atoms. The second kappa shape index (κ2) is 6.17. The van der Waals surface area contributed by atoms with E-state index in [1.165, 1.54) is 83.8 Å². The average Bonchev–Trinajstić information content (AvgIpc) is 3.28. The van der Waals surface area contributed by atoms with Gasteiger partial charge >= 0.3 is 0 Å².